The number of carbonyl (C=O) groups is 2. The number of methoxy groups -OCH3 is 1. The first-order valence-electron chi connectivity index (χ1n) is 8.60. The summed E-state index contributed by atoms with van der Waals surface area (Å²) < 4.78 is 15.6. The van der Waals surface area contributed by atoms with Crippen molar-refractivity contribution in [1.29, 1.82) is 0 Å². The highest BCUT2D eigenvalue weighted by molar-refractivity contribution is 6.11. The zero-order chi connectivity index (χ0) is 19.5. The van der Waals surface area contributed by atoms with Gasteiger partial charge in [-0.15, -0.1) is 0 Å². The molecule has 2 heterocycles. The van der Waals surface area contributed by atoms with E-state index in [9.17, 15) is 9.59 Å². The Morgan fingerprint density at radius 3 is 2.71 bits per heavy atom. The third kappa shape index (κ3) is 3.83. The Morgan fingerprint density at radius 1 is 1.18 bits per heavy atom. The number of hydrogen-bond donors (Lipinski definition) is 3. The van der Waals surface area contributed by atoms with Crippen LogP contribution in [-0.2, 0) is 9.59 Å². The van der Waals surface area contributed by atoms with Gasteiger partial charge in [-0.2, -0.15) is 0 Å². The molecule has 4 rings (SSSR count). The third-order valence-corrected chi connectivity index (χ3v) is 4.22. The quantitative estimate of drug-likeness (QED) is 0.726. The molecule has 9 heteroatoms. The molecule has 0 fully saturated rings. The van der Waals surface area contributed by atoms with Crippen LogP contribution >= 0.6 is 0 Å². The number of amides is 2. The molecule has 28 heavy (non-hydrogen) atoms. The summed E-state index contributed by atoms with van der Waals surface area (Å²) >= 11 is 0. The Morgan fingerprint density at radius 2 is 1.93 bits per heavy atom. The van der Waals surface area contributed by atoms with E-state index < -0.39 is 6.04 Å². The monoisotopic (exact) mass is 382 g/mol. The van der Waals surface area contributed by atoms with Crippen molar-refractivity contribution in [1.82, 2.24) is 5.32 Å². The summed E-state index contributed by atoms with van der Waals surface area (Å²) in [7, 11) is 1.59. The number of benzene rings is 2. The van der Waals surface area contributed by atoms with E-state index in [-0.39, 0.29) is 25.0 Å². The Kier molecular flexibility index (Phi) is 4.71. The maximum Gasteiger partial charge on any atom is 0.252 e. The van der Waals surface area contributed by atoms with Crippen LogP contribution in [0.1, 0.15) is 6.42 Å². The molecule has 1 unspecified atom stereocenters. The van der Waals surface area contributed by atoms with Gasteiger partial charge in [-0.25, -0.2) is 4.99 Å². The molecule has 0 spiro atoms. The Hall–Kier alpha value is -3.75. The van der Waals surface area contributed by atoms with Crippen LogP contribution in [0.25, 0.3) is 0 Å². The van der Waals surface area contributed by atoms with E-state index in [1.165, 1.54) is 0 Å². The van der Waals surface area contributed by atoms with Crippen molar-refractivity contribution in [3.8, 4) is 17.2 Å². The summed E-state index contributed by atoms with van der Waals surface area (Å²) in [5.74, 6) is 1.56. The number of anilines is 2. The molecule has 0 saturated heterocycles. The standard InChI is InChI=1S/C19H18N4O5/c1-26-13-5-2-11(3-6-13)21-19-22-14(18(25)23-19)9-17(24)20-12-4-7-15-16(8-12)28-10-27-15/h2-8,14H,9-10H2,1H3,(H,20,24)(H2,21,22,23,25). The SMILES string of the molecule is COc1ccc(NC2=NC(CC(=O)Nc3ccc4c(c3)OCO4)C(=O)N2)cc1. The summed E-state index contributed by atoms with van der Waals surface area (Å²) in [6.45, 7) is 0.160. The van der Waals surface area contributed by atoms with E-state index in [0.29, 0.717) is 23.1 Å². The summed E-state index contributed by atoms with van der Waals surface area (Å²) in [4.78, 5) is 28.7. The average Bonchev–Trinajstić information content (AvgIpc) is 3.28. The summed E-state index contributed by atoms with van der Waals surface area (Å²) in [5, 5.41) is 8.38. The molecule has 2 aromatic carbocycles. The average molecular weight is 382 g/mol. The number of nitrogens with zero attached hydrogens (tertiary/aromatic N) is 1. The molecule has 2 amide bonds. The molecule has 0 bridgehead atoms. The molecule has 9 nitrogen and oxygen atoms in total. The first kappa shape index (κ1) is 17.7. The molecule has 0 aromatic heterocycles. The van der Waals surface area contributed by atoms with Gasteiger partial charge < -0.3 is 24.8 Å². The molecule has 2 aliphatic rings. The van der Waals surface area contributed by atoms with E-state index >= 15 is 0 Å². The number of aliphatic imine (C=N–C) groups is 1. The number of carbonyl (C=O) groups excluding carboxylic acids is 2. The number of nitrogens with one attached hydrogen (secondary N) is 3. The van der Waals surface area contributed by atoms with Crippen LogP contribution in [0.15, 0.2) is 47.5 Å². The van der Waals surface area contributed by atoms with E-state index in [2.05, 4.69) is 20.9 Å². The van der Waals surface area contributed by atoms with E-state index in [4.69, 9.17) is 14.2 Å². The lowest BCUT2D eigenvalue weighted by atomic mass is 10.2. The number of ether oxygens (including phenoxy) is 3. The van der Waals surface area contributed by atoms with Crippen molar-refractivity contribution in [3.05, 3.63) is 42.5 Å². The topological polar surface area (TPSA) is 110 Å². The van der Waals surface area contributed by atoms with Gasteiger partial charge in [0.05, 0.1) is 13.5 Å². The second-order valence-electron chi connectivity index (χ2n) is 6.16. The Labute approximate surface area is 160 Å². The van der Waals surface area contributed by atoms with Crippen LogP contribution in [0.3, 0.4) is 0 Å². The minimum atomic E-state index is -0.797. The lowest BCUT2D eigenvalue weighted by Crippen LogP contribution is -2.33. The minimum absolute atomic E-state index is 0.0753. The van der Waals surface area contributed by atoms with E-state index in [0.717, 1.165) is 11.4 Å². The summed E-state index contributed by atoms with van der Waals surface area (Å²) in [6.07, 6.45) is -0.0753. The normalized spacial score (nSPS) is 17.0. The molecule has 2 aromatic rings. The highest BCUT2D eigenvalue weighted by atomic mass is 16.7. The predicted molar refractivity (Wildman–Crippen MR) is 102 cm³/mol. The molecule has 144 valence electrons. The van der Waals surface area contributed by atoms with E-state index in [1.54, 1.807) is 49.6 Å². The molecule has 2 aliphatic heterocycles. The maximum absolute atomic E-state index is 12.3. The highest BCUT2D eigenvalue weighted by Crippen LogP contribution is 2.34. The van der Waals surface area contributed by atoms with Crippen LogP contribution in [0.4, 0.5) is 11.4 Å². The van der Waals surface area contributed by atoms with Crippen LogP contribution in [0, 0.1) is 0 Å². The van der Waals surface area contributed by atoms with Gasteiger partial charge in [0.15, 0.2) is 11.5 Å². The summed E-state index contributed by atoms with van der Waals surface area (Å²) in [5.41, 5.74) is 1.30. The second-order valence-corrected chi connectivity index (χ2v) is 6.16. The van der Waals surface area contributed by atoms with Gasteiger partial charge in [0.1, 0.15) is 11.8 Å². The number of rotatable bonds is 5. The highest BCUT2D eigenvalue weighted by Gasteiger charge is 2.28. The molecule has 0 saturated carbocycles. The van der Waals surface area contributed by atoms with E-state index in [1.807, 2.05) is 0 Å². The van der Waals surface area contributed by atoms with Crippen molar-refractivity contribution >= 4 is 29.1 Å². The maximum atomic E-state index is 12.3. The van der Waals surface area contributed by atoms with Crippen LogP contribution < -0.4 is 30.2 Å². The van der Waals surface area contributed by atoms with Gasteiger partial charge in [-0.05, 0) is 36.4 Å². The zero-order valence-corrected chi connectivity index (χ0v) is 15.0. The molecule has 1 atom stereocenters. The second kappa shape index (κ2) is 7.47. The zero-order valence-electron chi connectivity index (χ0n) is 15.0. The van der Waals surface area contributed by atoms with Gasteiger partial charge in [0.2, 0.25) is 18.7 Å². The lowest BCUT2D eigenvalue weighted by molar-refractivity contribution is -0.123. The smallest absolute Gasteiger partial charge is 0.252 e. The van der Waals surface area contributed by atoms with Gasteiger partial charge >= 0.3 is 0 Å². The van der Waals surface area contributed by atoms with Crippen molar-refractivity contribution < 1.29 is 23.8 Å². The van der Waals surface area contributed by atoms with Crippen LogP contribution in [-0.4, -0.2) is 37.7 Å². The minimum Gasteiger partial charge on any atom is -0.497 e. The fraction of sp³-hybridized carbons (Fsp3) is 0.211. The fourth-order valence-corrected chi connectivity index (χ4v) is 2.82. The van der Waals surface area contributed by atoms with Gasteiger partial charge in [-0.1, -0.05) is 0 Å². The molecule has 0 radical (unpaired) electrons. The van der Waals surface area contributed by atoms with Crippen LogP contribution in [0.2, 0.25) is 0 Å². The third-order valence-electron chi connectivity index (χ3n) is 4.22. The van der Waals surface area contributed by atoms with Crippen molar-refractivity contribution in [3.63, 3.8) is 0 Å². The molecule has 0 aliphatic carbocycles. The number of fused-ring (bicyclic) bond motifs is 1. The largest absolute Gasteiger partial charge is 0.497 e. The first-order valence-corrected chi connectivity index (χ1v) is 8.60. The van der Waals surface area contributed by atoms with Crippen molar-refractivity contribution in [2.24, 2.45) is 4.99 Å². The van der Waals surface area contributed by atoms with Crippen molar-refractivity contribution in [2.75, 3.05) is 24.5 Å². The number of hydrogen-bond acceptors (Lipinski definition) is 7. The van der Waals surface area contributed by atoms with Crippen LogP contribution in [0.5, 0.6) is 17.2 Å². The predicted octanol–water partition coefficient (Wildman–Crippen LogP) is 1.72. The molecular weight excluding hydrogens is 364 g/mol. The Bertz CT molecular complexity index is 942. The molecule has 3 N–H and O–H groups in total. The van der Waals surface area contributed by atoms with Gasteiger partial charge in [0.25, 0.3) is 5.91 Å². The number of guanidine groups is 1. The molecular formula is C19H18N4O5. The van der Waals surface area contributed by atoms with Gasteiger partial charge in [-0.3, -0.25) is 14.9 Å². The Balaban J connectivity index is 1.35. The van der Waals surface area contributed by atoms with Crippen molar-refractivity contribution in [2.45, 2.75) is 12.5 Å². The fourth-order valence-electron chi connectivity index (χ4n) is 2.82. The lowest BCUT2D eigenvalue weighted by Gasteiger charge is -2.07. The summed E-state index contributed by atoms with van der Waals surface area (Å²) in [6, 6.07) is 11.5. The first-order chi connectivity index (χ1) is 13.6. The van der Waals surface area contributed by atoms with Gasteiger partial charge in [0, 0.05) is 17.4 Å².